The molecule has 2 saturated heterocycles. The zero-order valence-corrected chi connectivity index (χ0v) is 40.8. The number of ether oxygens (including phenoxy) is 3. The lowest BCUT2D eigenvalue weighted by Crippen LogP contribution is -2.44. The average Bonchev–Trinajstić information content (AvgIpc) is 4.10. The summed E-state index contributed by atoms with van der Waals surface area (Å²) >= 11 is 0. The molecule has 38 heteroatoms. The largest absolute Gasteiger partial charge is 0.491 e. The van der Waals surface area contributed by atoms with Gasteiger partial charge < -0.3 is 60.3 Å². The van der Waals surface area contributed by atoms with E-state index < -0.39 is 110 Å². The van der Waals surface area contributed by atoms with Crippen LogP contribution in [0.3, 0.4) is 0 Å². The molecule has 0 aliphatic carbocycles. The molecule has 0 aromatic carbocycles. The summed E-state index contributed by atoms with van der Waals surface area (Å²) in [4.78, 5) is 42.8. The fraction of sp³-hybridized carbons (Fsp3) is 0.581. The summed E-state index contributed by atoms with van der Waals surface area (Å²) in [6.07, 6.45) is -7.65. The molecule has 2 aliphatic heterocycles. The van der Waals surface area contributed by atoms with Crippen molar-refractivity contribution in [2.75, 3.05) is 84.0 Å². The summed E-state index contributed by atoms with van der Waals surface area (Å²) in [5.41, 5.74) is 9.38. The van der Waals surface area contributed by atoms with Crippen molar-refractivity contribution in [1.29, 1.82) is 0 Å². The number of phosphoric acid groups is 2. The highest BCUT2D eigenvalue weighted by molar-refractivity contribution is 7.72. The number of fused-ring (bicyclic) bond motifs is 1. The quantitative estimate of drug-likeness (QED) is 0.0339. The van der Waals surface area contributed by atoms with Gasteiger partial charge >= 0.3 is 31.0 Å². The molecule has 4 aromatic rings. The van der Waals surface area contributed by atoms with Crippen molar-refractivity contribution in [3.05, 3.63) is 46.0 Å². The van der Waals surface area contributed by atoms with E-state index in [1.54, 1.807) is 0 Å². The lowest BCUT2D eigenvalue weighted by atomic mass is 10.1. The molecule has 12 atom stereocenters. The minimum atomic E-state index is -5.26. The molecule has 384 valence electrons. The SMILES string of the molecule is C=CN(c1nc(N)[nH]c(=O)c1NC)[C@@H]1O[C@H](COP(=O)(OC)OP(=O)(OC)OP(=O)(OC)c2cn(CCNP(=O)(OC)OC[C@H]3O[C@@H](n4cnc5c(=O)[nH]c(N)nc54)C(O)C3O)nn2)C(O)C1OC. The number of imidazole rings is 1. The summed E-state index contributed by atoms with van der Waals surface area (Å²) < 4.78 is 115. The molecule has 8 unspecified atom stereocenters. The Hall–Kier alpha value is -4.37. The van der Waals surface area contributed by atoms with Gasteiger partial charge in [0.05, 0.1) is 32.3 Å². The summed E-state index contributed by atoms with van der Waals surface area (Å²) in [6, 6.07) is 0. The number of hydrogen-bond acceptors (Lipinski definition) is 29. The fourth-order valence-corrected chi connectivity index (χ4v) is 12.8. The van der Waals surface area contributed by atoms with Gasteiger partial charge in [0.1, 0.15) is 42.3 Å². The predicted octanol–water partition coefficient (Wildman–Crippen LogP) is -1.54. The van der Waals surface area contributed by atoms with Gasteiger partial charge in [0.15, 0.2) is 34.9 Å². The van der Waals surface area contributed by atoms with Crippen LogP contribution in [-0.2, 0) is 74.8 Å². The highest BCUT2D eigenvalue weighted by atomic mass is 31.3. The Morgan fingerprint density at radius 3 is 2.19 bits per heavy atom. The standard InChI is InChI=1S/C31H50N14O20P4/c1-8-44(24-18(34-2)26(49)39-30(32)37-24)29-23(55-3)21(47)16(63-29)13-61-68(53,58-6)65-69(54,59-7)64-66(51,56-4)17-11-43(42-41-17)10-9-36-67(52,57-5)60-12-15-20(46)22(48)28(62-15)45-14-35-19-25(45)38-31(33)40-27(19)50/h8,11,14-16,20-23,28-29,34,46-48H,1,9-10,12-13H2,2-7H3,(H,36,52)(H3,32,37,39,49)(H3,33,38,40,50)/t15-,16-,20?,21?,22?,23?,28-,29-,66?,67?,68?,69?/m1/s1. The number of phosphoric ester groups is 1. The lowest BCUT2D eigenvalue weighted by Gasteiger charge is -2.30. The van der Waals surface area contributed by atoms with Crippen LogP contribution in [0.15, 0.2) is 34.9 Å². The van der Waals surface area contributed by atoms with E-state index in [9.17, 15) is 43.2 Å². The Morgan fingerprint density at radius 2 is 1.55 bits per heavy atom. The zero-order valence-electron chi connectivity index (χ0n) is 37.2. The fourth-order valence-electron chi connectivity index (χ4n) is 6.70. The van der Waals surface area contributed by atoms with Crippen molar-refractivity contribution in [3.8, 4) is 0 Å². The predicted molar refractivity (Wildman–Crippen MR) is 236 cm³/mol. The molecule has 11 N–H and O–H groups in total. The van der Waals surface area contributed by atoms with Crippen LogP contribution >= 0.6 is 31.0 Å². The average molecular weight is 1060 g/mol. The first kappa shape index (κ1) is 54.0. The maximum absolute atomic E-state index is 13.9. The van der Waals surface area contributed by atoms with Crippen molar-refractivity contribution in [3.63, 3.8) is 0 Å². The summed E-state index contributed by atoms with van der Waals surface area (Å²) in [5.74, 6) is -0.539. The Morgan fingerprint density at radius 1 is 0.884 bits per heavy atom. The Kier molecular flexibility index (Phi) is 17.2. The van der Waals surface area contributed by atoms with Crippen molar-refractivity contribution in [2.24, 2.45) is 0 Å². The van der Waals surface area contributed by atoms with Gasteiger partial charge in [-0.05, 0) is 0 Å². The monoisotopic (exact) mass is 1060 g/mol. The van der Waals surface area contributed by atoms with Gasteiger partial charge in [-0.2, -0.15) is 14.3 Å². The molecule has 69 heavy (non-hydrogen) atoms. The first-order valence-electron chi connectivity index (χ1n) is 19.7. The van der Waals surface area contributed by atoms with Crippen molar-refractivity contribution in [2.45, 2.75) is 55.6 Å². The smallest absolute Gasteiger partial charge is 0.387 e. The third kappa shape index (κ3) is 11.6. The summed E-state index contributed by atoms with van der Waals surface area (Å²) in [5, 5.41) is 45.4. The van der Waals surface area contributed by atoms with Crippen LogP contribution < -0.4 is 43.3 Å². The highest BCUT2D eigenvalue weighted by Crippen LogP contribution is 2.71. The second-order valence-corrected chi connectivity index (χ2v) is 22.0. The summed E-state index contributed by atoms with van der Waals surface area (Å²) in [6.45, 7) is 1.94. The molecular weight excluding hydrogens is 1010 g/mol. The molecule has 0 spiro atoms. The minimum absolute atomic E-state index is 0.0344. The second-order valence-electron chi connectivity index (χ2n) is 14.2. The van der Waals surface area contributed by atoms with Gasteiger partial charge in [0.25, 0.3) is 11.1 Å². The maximum Gasteiger partial charge on any atom is 0.491 e. The number of aromatic nitrogens is 9. The number of nitrogens with zero attached hydrogens (tertiary/aromatic N) is 8. The first-order chi connectivity index (χ1) is 32.6. The van der Waals surface area contributed by atoms with E-state index in [2.05, 4.69) is 52.2 Å². The molecular formula is C31H50N14O20P4. The third-order valence-electron chi connectivity index (χ3n) is 10.1. The van der Waals surface area contributed by atoms with Gasteiger partial charge in [-0.15, -0.1) is 5.10 Å². The van der Waals surface area contributed by atoms with E-state index in [1.165, 1.54) is 29.8 Å². The van der Waals surface area contributed by atoms with Gasteiger partial charge in [0.2, 0.25) is 11.9 Å². The number of nitrogens with one attached hydrogen (secondary N) is 4. The van der Waals surface area contributed by atoms with E-state index in [-0.39, 0.29) is 47.7 Å². The van der Waals surface area contributed by atoms with Gasteiger partial charge in [-0.25, -0.2) is 28.1 Å². The normalized spacial score (nSPS) is 26.3. The number of methoxy groups -OCH3 is 1. The highest BCUT2D eigenvalue weighted by Gasteiger charge is 2.51. The lowest BCUT2D eigenvalue weighted by molar-refractivity contribution is -0.0490. The molecule has 2 aliphatic rings. The Balaban J connectivity index is 1.05. The Labute approximate surface area is 389 Å². The number of rotatable bonds is 25. The van der Waals surface area contributed by atoms with E-state index in [4.69, 9.17) is 61.4 Å². The number of anilines is 4. The maximum atomic E-state index is 13.9. The van der Waals surface area contributed by atoms with Gasteiger partial charge in [0, 0.05) is 55.3 Å². The molecule has 2 fully saturated rings. The number of nitrogens with two attached hydrogens (primary N) is 2. The number of aliphatic hydroxyl groups is 3. The Bertz CT molecular complexity index is 2780. The minimum Gasteiger partial charge on any atom is -0.387 e. The molecule has 0 bridgehead atoms. The molecule has 6 rings (SSSR count). The van der Waals surface area contributed by atoms with E-state index >= 15 is 0 Å². The molecule has 34 nitrogen and oxygen atoms in total. The first-order valence-corrected chi connectivity index (χ1v) is 25.7. The van der Waals surface area contributed by atoms with Crippen LogP contribution in [0, 0.1) is 0 Å². The van der Waals surface area contributed by atoms with Crippen LogP contribution in [0.5, 0.6) is 0 Å². The molecule has 0 saturated carbocycles. The van der Waals surface area contributed by atoms with Crippen LogP contribution in [0.2, 0.25) is 0 Å². The van der Waals surface area contributed by atoms with Crippen LogP contribution in [0.1, 0.15) is 6.23 Å². The second kappa shape index (κ2) is 22.0. The van der Waals surface area contributed by atoms with E-state index in [0.29, 0.717) is 0 Å². The van der Waals surface area contributed by atoms with Gasteiger partial charge in [-0.1, -0.05) is 11.8 Å². The van der Waals surface area contributed by atoms with E-state index in [1.807, 2.05) is 0 Å². The molecule has 0 amide bonds. The zero-order chi connectivity index (χ0) is 50.6. The third-order valence-corrected chi connectivity index (χ3v) is 17.6. The number of nitrogen functional groups attached to an aromatic ring is 2. The van der Waals surface area contributed by atoms with Crippen molar-refractivity contribution in [1.82, 2.24) is 49.6 Å². The number of aliphatic hydroxyl groups excluding tert-OH is 3. The van der Waals surface area contributed by atoms with Crippen LogP contribution in [-0.4, -0.2) is 165 Å². The molecule has 0 radical (unpaired) electrons. The van der Waals surface area contributed by atoms with Crippen molar-refractivity contribution < 1.29 is 83.6 Å². The number of aromatic amines is 2. The number of H-pyrrole nitrogens is 2. The topological polar surface area (TPSA) is 450 Å². The summed E-state index contributed by atoms with van der Waals surface area (Å²) in [7, 11) is -13.0. The number of hydrogen-bond donors (Lipinski definition) is 9. The van der Waals surface area contributed by atoms with Gasteiger partial charge in [-0.3, -0.25) is 51.5 Å². The van der Waals surface area contributed by atoms with Crippen molar-refractivity contribution >= 4 is 71.0 Å². The molecule has 4 aromatic heterocycles. The van der Waals surface area contributed by atoms with E-state index in [0.717, 1.165) is 45.6 Å². The van der Waals surface area contributed by atoms with Crippen LogP contribution in [0.4, 0.5) is 23.4 Å². The molecule has 6 heterocycles. The van der Waals surface area contributed by atoms with Crippen LogP contribution in [0.25, 0.3) is 11.2 Å².